The number of hydrogen-bond acceptors (Lipinski definition) is 3. The lowest BCUT2D eigenvalue weighted by Crippen LogP contribution is -2.27. The summed E-state index contributed by atoms with van der Waals surface area (Å²) in [6, 6.07) is 9.18. The second kappa shape index (κ2) is 6.04. The van der Waals surface area contributed by atoms with Crippen molar-refractivity contribution in [2.24, 2.45) is 0 Å². The minimum Gasteiger partial charge on any atom is -0.494 e. The number of aromatic nitrogens is 2. The minimum atomic E-state index is -0.621. The predicted molar refractivity (Wildman–Crippen MR) is 72.7 cm³/mol. The van der Waals surface area contributed by atoms with Gasteiger partial charge in [-0.2, -0.15) is 0 Å². The summed E-state index contributed by atoms with van der Waals surface area (Å²) < 4.78 is 5.37. The third-order valence-electron chi connectivity index (χ3n) is 2.78. The van der Waals surface area contributed by atoms with Crippen LogP contribution >= 0.6 is 0 Å². The van der Waals surface area contributed by atoms with Crippen molar-refractivity contribution in [2.75, 3.05) is 6.61 Å². The Kier molecular flexibility index (Phi) is 4.18. The van der Waals surface area contributed by atoms with E-state index in [1.807, 2.05) is 31.2 Å². The van der Waals surface area contributed by atoms with Crippen molar-refractivity contribution in [2.45, 2.75) is 19.8 Å². The van der Waals surface area contributed by atoms with E-state index >= 15 is 0 Å². The number of benzene rings is 1. The highest BCUT2D eigenvalue weighted by atomic mass is 16.5. The van der Waals surface area contributed by atoms with E-state index in [-0.39, 0.29) is 0 Å². The lowest BCUT2D eigenvalue weighted by molar-refractivity contribution is 0.340. The molecule has 5 nitrogen and oxygen atoms in total. The van der Waals surface area contributed by atoms with Gasteiger partial charge in [0.15, 0.2) is 0 Å². The van der Waals surface area contributed by atoms with E-state index in [9.17, 15) is 9.59 Å². The second-order valence-electron chi connectivity index (χ2n) is 4.19. The van der Waals surface area contributed by atoms with Crippen LogP contribution in [0.5, 0.6) is 5.75 Å². The van der Waals surface area contributed by atoms with Crippen molar-refractivity contribution >= 4 is 0 Å². The van der Waals surface area contributed by atoms with Crippen molar-refractivity contribution in [1.82, 2.24) is 10.2 Å². The van der Waals surface area contributed by atoms with Gasteiger partial charge in [0.25, 0.3) is 0 Å². The van der Waals surface area contributed by atoms with Gasteiger partial charge in [0.1, 0.15) is 5.75 Å². The molecule has 5 heteroatoms. The molecule has 0 atom stereocenters. The number of H-pyrrole nitrogens is 2. The Bertz CT molecular complexity index is 641. The van der Waals surface area contributed by atoms with Crippen LogP contribution in [-0.2, 0) is 12.8 Å². The van der Waals surface area contributed by atoms with Crippen LogP contribution in [-0.4, -0.2) is 16.8 Å². The van der Waals surface area contributed by atoms with Crippen LogP contribution in [0.15, 0.2) is 39.9 Å². The fourth-order valence-corrected chi connectivity index (χ4v) is 1.79. The van der Waals surface area contributed by atoms with Crippen LogP contribution in [0.25, 0.3) is 0 Å². The summed E-state index contributed by atoms with van der Waals surface area (Å²) in [4.78, 5) is 22.1. The third kappa shape index (κ3) is 3.58. The smallest absolute Gasteiger partial charge is 0.310 e. The molecule has 2 aromatic rings. The lowest BCUT2D eigenvalue weighted by Gasteiger charge is -2.05. The highest BCUT2D eigenvalue weighted by Crippen LogP contribution is 2.13. The largest absolute Gasteiger partial charge is 0.494 e. The molecule has 100 valence electrons. The monoisotopic (exact) mass is 260 g/mol. The molecule has 0 aliphatic rings. The zero-order valence-corrected chi connectivity index (χ0v) is 10.7. The summed E-state index contributed by atoms with van der Waals surface area (Å²) in [5.41, 5.74) is 0.735. The molecular formula is C14H16N2O3. The van der Waals surface area contributed by atoms with E-state index in [1.165, 1.54) is 6.07 Å². The standard InChI is InChI=1S/C14H16N2O3/c1-2-19-12-7-4-10(5-8-12)3-6-11-9-13(17)14(18)16-15-11/h4-5,7-9H,2-3,6H2,1H3,(H,15,17)(H,16,18). The van der Waals surface area contributed by atoms with Gasteiger partial charge in [-0.05, 0) is 37.5 Å². The molecule has 0 unspecified atom stereocenters. The van der Waals surface area contributed by atoms with Crippen molar-refractivity contribution in [3.05, 3.63) is 62.2 Å². The average Bonchev–Trinajstić information content (AvgIpc) is 2.42. The zero-order valence-electron chi connectivity index (χ0n) is 10.7. The first-order valence-corrected chi connectivity index (χ1v) is 6.21. The summed E-state index contributed by atoms with van der Waals surface area (Å²) >= 11 is 0. The number of rotatable bonds is 5. The number of aromatic amines is 2. The summed E-state index contributed by atoms with van der Waals surface area (Å²) in [6.45, 7) is 2.60. The van der Waals surface area contributed by atoms with Crippen molar-refractivity contribution in [3.8, 4) is 5.75 Å². The molecule has 19 heavy (non-hydrogen) atoms. The first-order valence-electron chi connectivity index (χ1n) is 6.21. The zero-order chi connectivity index (χ0) is 13.7. The highest BCUT2D eigenvalue weighted by molar-refractivity contribution is 5.27. The molecule has 1 aromatic carbocycles. The fourth-order valence-electron chi connectivity index (χ4n) is 1.79. The molecule has 0 amide bonds. The Morgan fingerprint density at radius 2 is 1.79 bits per heavy atom. The Labute approximate surface area is 110 Å². The topological polar surface area (TPSA) is 75.0 Å². The SMILES string of the molecule is CCOc1ccc(CCc2cc(=O)c(=O)[nH][nH]2)cc1. The van der Waals surface area contributed by atoms with Gasteiger partial charge in [-0.15, -0.1) is 0 Å². The van der Waals surface area contributed by atoms with Crippen molar-refractivity contribution < 1.29 is 4.74 Å². The van der Waals surface area contributed by atoms with Gasteiger partial charge in [0.05, 0.1) is 6.61 Å². The average molecular weight is 260 g/mol. The number of ether oxygens (including phenoxy) is 1. The molecule has 0 radical (unpaired) electrons. The van der Waals surface area contributed by atoms with E-state index < -0.39 is 11.0 Å². The van der Waals surface area contributed by atoms with Crippen LogP contribution < -0.4 is 15.7 Å². The normalized spacial score (nSPS) is 10.4. The molecule has 2 N–H and O–H groups in total. The number of nitrogens with one attached hydrogen (secondary N) is 2. The van der Waals surface area contributed by atoms with Gasteiger partial charge < -0.3 is 9.84 Å². The van der Waals surface area contributed by atoms with Crippen LogP contribution in [0.1, 0.15) is 18.2 Å². The van der Waals surface area contributed by atoms with Gasteiger partial charge in [0.2, 0.25) is 5.43 Å². The second-order valence-corrected chi connectivity index (χ2v) is 4.19. The van der Waals surface area contributed by atoms with Crippen LogP contribution in [0.3, 0.4) is 0 Å². The Morgan fingerprint density at radius 1 is 1.05 bits per heavy atom. The lowest BCUT2D eigenvalue weighted by atomic mass is 10.1. The molecule has 2 rings (SSSR count). The van der Waals surface area contributed by atoms with Gasteiger partial charge in [-0.25, -0.2) is 0 Å². The summed E-state index contributed by atoms with van der Waals surface area (Å²) in [7, 11) is 0. The van der Waals surface area contributed by atoms with Gasteiger partial charge in [-0.1, -0.05) is 12.1 Å². The van der Waals surface area contributed by atoms with Crippen molar-refractivity contribution in [3.63, 3.8) is 0 Å². The molecule has 0 bridgehead atoms. The third-order valence-corrected chi connectivity index (χ3v) is 2.78. The van der Waals surface area contributed by atoms with E-state index in [2.05, 4.69) is 10.2 Å². The maximum absolute atomic E-state index is 11.2. The fraction of sp³-hybridized carbons (Fsp3) is 0.286. The molecular weight excluding hydrogens is 244 g/mol. The Balaban J connectivity index is 1.99. The summed E-state index contributed by atoms with van der Waals surface area (Å²) in [5, 5.41) is 5.03. The van der Waals surface area contributed by atoms with Gasteiger partial charge in [-0.3, -0.25) is 14.7 Å². The van der Waals surface area contributed by atoms with Gasteiger partial charge in [0, 0.05) is 11.8 Å². The predicted octanol–water partition coefficient (Wildman–Crippen LogP) is 1.25. The quantitative estimate of drug-likeness (QED) is 0.794. The van der Waals surface area contributed by atoms with E-state index in [1.54, 1.807) is 0 Å². The molecule has 0 saturated heterocycles. The minimum absolute atomic E-state index is 0.513. The van der Waals surface area contributed by atoms with Crippen LogP contribution in [0.2, 0.25) is 0 Å². The Morgan fingerprint density at radius 3 is 2.42 bits per heavy atom. The molecule has 0 aliphatic carbocycles. The first kappa shape index (κ1) is 13.1. The molecule has 0 fully saturated rings. The van der Waals surface area contributed by atoms with Gasteiger partial charge >= 0.3 is 5.56 Å². The maximum atomic E-state index is 11.2. The van der Waals surface area contributed by atoms with Crippen molar-refractivity contribution in [1.29, 1.82) is 0 Å². The maximum Gasteiger partial charge on any atom is 0.310 e. The number of hydrogen-bond donors (Lipinski definition) is 2. The van der Waals surface area contributed by atoms with E-state index in [0.29, 0.717) is 13.0 Å². The first-order chi connectivity index (χ1) is 9.19. The molecule has 0 spiro atoms. The molecule has 1 heterocycles. The molecule has 0 aliphatic heterocycles. The Hall–Kier alpha value is -2.30. The van der Waals surface area contributed by atoms with E-state index in [4.69, 9.17) is 4.74 Å². The van der Waals surface area contributed by atoms with Crippen LogP contribution in [0, 0.1) is 0 Å². The summed E-state index contributed by atoms with van der Waals surface area (Å²) in [6.07, 6.45) is 1.45. The summed E-state index contributed by atoms with van der Waals surface area (Å²) in [5.74, 6) is 0.851. The number of aryl methyl sites for hydroxylation is 2. The van der Waals surface area contributed by atoms with E-state index in [0.717, 1.165) is 23.4 Å². The molecule has 1 aromatic heterocycles. The highest BCUT2D eigenvalue weighted by Gasteiger charge is 2.00. The van der Waals surface area contributed by atoms with Crippen LogP contribution in [0.4, 0.5) is 0 Å². The molecule has 0 saturated carbocycles.